The lowest BCUT2D eigenvalue weighted by molar-refractivity contribution is -0.172. The topological polar surface area (TPSA) is 215 Å². The molecule has 4 atom stereocenters. The lowest BCUT2D eigenvalue weighted by Crippen LogP contribution is -2.54. The predicted molar refractivity (Wildman–Crippen MR) is 257 cm³/mol. The van der Waals surface area contributed by atoms with E-state index >= 15 is 4.39 Å². The summed E-state index contributed by atoms with van der Waals surface area (Å²) in [6, 6.07) is 1.29. The van der Waals surface area contributed by atoms with Crippen LogP contribution in [0.3, 0.4) is 0 Å². The summed E-state index contributed by atoms with van der Waals surface area (Å²) in [5, 5.41) is 20.3. The molecule has 17 heteroatoms. The number of aryl methyl sites for hydroxylation is 2. The van der Waals surface area contributed by atoms with E-state index in [0.29, 0.717) is 80.6 Å². The fourth-order valence-corrected chi connectivity index (χ4v) is 10.3. The Morgan fingerprint density at radius 3 is 2.41 bits per heavy atom. The van der Waals surface area contributed by atoms with Gasteiger partial charge in [-0.15, -0.1) is 0 Å². The van der Waals surface area contributed by atoms with Gasteiger partial charge in [0, 0.05) is 48.6 Å². The Morgan fingerprint density at radius 2 is 1.72 bits per heavy atom. The van der Waals surface area contributed by atoms with E-state index in [4.69, 9.17) is 14.5 Å². The molecule has 3 aliphatic heterocycles. The Kier molecular flexibility index (Phi) is 16.9. The summed E-state index contributed by atoms with van der Waals surface area (Å²) in [5.74, 6) is -3.27. The first-order valence-corrected chi connectivity index (χ1v) is 24.8. The minimum atomic E-state index is -1.96. The van der Waals surface area contributed by atoms with Gasteiger partial charge in [0.05, 0.1) is 34.9 Å². The molecule has 3 aromatic rings. The largest absolute Gasteiger partial charge is 0.458 e. The van der Waals surface area contributed by atoms with Gasteiger partial charge in [-0.1, -0.05) is 61.3 Å². The number of hydrogen-bond acceptors (Lipinski definition) is 11. The number of carbonyl (C=O) groups is 6. The molecule has 5 amide bonds. The Bertz CT molecular complexity index is 2550. The van der Waals surface area contributed by atoms with Crippen LogP contribution in [-0.4, -0.2) is 87.0 Å². The molecule has 0 aliphatic carbocycles. The number of aliphatic hydroxyl groups is 1. The van der Waals surface area contributed by atoms with Crippen LogP contribution in [0.4, 0.5) is 4.39 Å². The molecule has 1 saturated heterocycles. The van der Waals surface area contributed by atoms with Crippen LogP contribution in [0, 0.1) is 30.0 Å². The molecule has 1 aromatic carbocycles. The molecule has 2 aromatic heterocycles. The summed E-state index contributed by atoms with van der Waals surface area (Å²) < 4.78 is 28.1. The van der Waals surface area contributed by atoms with E-state index in [9.17, 15) is 38.7 Å². The zero-order chi connectivity index (χ0) is 50.5. The van der Waals surface area contributed by atoms with Crippen molar-refractivity contribution in [2.75, 3.05) is 19.9 Å². The molecule has 1 unspecified atom stereocenters. The van der Waals surface area contributed by atoms with Crippen molar-refractivity contribution in [2.45, 2.75) is 170 Å². The number of amides is 5. The van der Waals surface area contributed by atoms with Gasteiger partial charge in [-0.2, -0.15) is 0 Å². The summed E-state index contributed by atoms with van der Waals surface area (Å²) in [7, 11) is 0. The number of rotatable bonds is 23. The lowest BCUT2D eigenvalue weighted by atomic mass is 9.74. The highest BCUT2D eigenvalue weighted by molar-refractivity contribution is 6.04. The van der Waals surface area contributed by atoms with Crippen LogP contribution in [0.1, 0.15) is 153 Å². The van der Waals surface area contributed by atoms with Crippen molar-refractivity contribution in [3.63, 3.8) is 0 Å². The number of esters is 1. The molecule has 6 rings (SSSR count). The van der Waals surface area contributed by atoms with Gasteiger partial charge < -0.3 is 35.1 Å². The number of aromatic nitrogens is 2. The highest BCUT2D eigenvalue weighted by Crippen LogP contribution is 2.42. The normalized spacial score (nSPS) is 18.5. The van der Waals surface area contributed by atoms with Crippen molar-refractivity contribution >= 4 is 46.4 Å². The van der Waals surface area contributed by atoms with Crippen LogP contribution in [0.2, 0.25) is 0 Å². The van der Waals surface area contributed by atoms with E-state index in [0.717, 1.165) is 34.9 Å². The molecule has 0 spiro atoms. The van der Waals surface area contributed by atoms with Gasteiger partial charge in [0.15, 0.2) is 5.60 Å². The average Bonchev–Trinajstić information content (AvgIpc) is 3.82. The maximum absolute atomic E-state index is 15.6. The molecule has 0 bridgehead atoms. The molecule has 5 heterocycles. The SMILES string of the molecule is CCCC(C)(C)C1CC(=O)N(CCCCCC(=O)N[C@H](C(=O)N[C@@H](C)C(=O)NCOCCCCc2c(C)c(F)cc3nc4c(c(CC)c23)Cn2c-4cc3c(c2=O)COC(=O)[C@]3(O)CC)C(C)C)C1=O. The summed E-state index contributed by atoms with van der Waals surface area (Å²) >= 11 is 0. The van der Waals surface area contributed by atoms with Gasteiger partial charge in [0.2, 0.25) is 29.5 Å². The summed E-state index contributed by atoms with van der Waals surface area (Å²) in [4.78, 5) is 97.4. The number of fused-ring (bicyclic) bond motifs is 5. The Hall–Kier alpha value is -5.55. The molecule has 0 radical (unpaired) electrons. The third-order valence-corrected chi connectivity index (χ3v) is 14.5. The molecule has 16 nitrogen and oxygen atoms in total. The van der Waals surface area contributed by atoms with Crippen LogP contribution < -0.4 is 21.5 Å². The van der Waals surface area contributed by atoms with Crippen LogP contribution in [0.5, 0.6) is 0 Å². The number of hydrogen-bond donors (Lipinski definition) is 4. The third kappa shape index (κ3) is 10.9. The molecule has 1 fully saturated rings. The fourth-order valence-electron chi connectivity index (χ4n) is 10.3. The number of nitrogens with zero attached hydrogens (tertiary/aromatic N) is 3. The molecule has 69 heavy (non-hydrogen) atoms. The van der Waals surface area contributed by atoms with Gasteiger partial charge in [0.1, 0.15) is 31.2 Å². The van der Waals surface area contributed by atoms with Crippen molar-refractivity contribution in [3.8, 4) is 11.4 Å². The Labute approximate surface area is 403 Å². The maximum atomic E-state index is 15.6. The standard InChI is InChI=1S/C52H71FN6O10/c1-10-20-51(8,9)37-24-42(61)58(49(37)65)21-16-13-14-19-41(60)57-44(29(4)5)47(63)55-31(7)46(62)54-28-68-22-17-15-18-33-30(6)38(53)25-39-43(33)32(11-2)34-26-59-40(45(34)56-39)23-36-35(48(59)64)27-69-50(66)52(36,67)12-3/h23,25,29,31,37,44,67H,10-22,24,26-28H2,1-9H3,(H,54,62)(H,55,63)(H,57,60)/t31-,37?,44-,52-/m0/s1. The number of likely N-dealkylation sites (tertiary alicyclic amines) is 1. The number of ether oxygens (including phenoxy) is 2. The number of nitrogens with one attached hydrogen (secondary N) is 3. The first-order valence-electron chi connectivity index (χ1n) is 24.8. The van der Waals surface area contributed by atoms with Crippen LogP contribution in [0.15, 0.2) is 16.9 Å². The smallest absolute Gasteiger partial charge is 0.343 e. The van der Waals surface area contributed by atoms with Crippen molar-refractivity contribution in [2.24, 2.45) is 17.3 Å². The van der Waals surface area contributed by atoms with E-state index in [1.807, 2.05) is 20.8 Å². The number of cyclic esters (lactones) is 1. The van der Waals surface area contributed by atoms with Crippen LogP contribution >= 0.6 is 0 Å². The monoisotopic (exact) mass is 959 g/mol. The first-order chi connectivity index (χ1) is 32.7. The van der Waals surface area contributed by atoms with E-state index < -0.39 is 41.3 Å². The highest BCUT2D eigenvalue weighted by Gasteiger charge is 2.47. The van der Waals surface area contributed by atoms with Crippen LogP contribution in [0.25, 0.3) is 22.3 Å². The summed E-state index contributed by atoms with van der Waals surface area (Å²) in [5.41, 5.74) is 2.46. The van der Waals surface area contributed by atoms with Gasteiger partial charge in [-0.05, 0) is 99.3 Å². The minimum Gasteiger partial charge on any atom is -0.458 e. The van der Waals surface area contributed by atoms with Crippen LogP contribution in [-0.2, 0) is 69.8 Å². The molecule has 0 saturated carbocycles. The zero-order valence-electron chi connectivity index (χ0n) is 41.8. The van der Waals surface area contributed by atoms with E-state index in [2.05, 4.69) is 22.9 Å². The van der Waals surface area contributed by atoms with Gasteiger partial charge in [-0.3, -0.25) is 33.7 Å². The minimum absolute atomic E-state index is 0.0234. The summed E-state index contributed by atoms with van der Waals surface area (Å²) in [6.45, 7) is 17.2. The average molecular weight is 959 g/mol. The van der Waals surface area contributed by atoms with Crippen molar-refractivity contribution in [1.82, 2.24) is 30.4 Å². The van der Waals surface area contributed by atoms with E-state index in [1.165, 1.54) is 11.0 Å². The third-order valence-electron chi connectivity index (χ3n) is 14.5. The van der Waals surface area contributed by atoms with Gasteiger partial charge >= 0.3 is 5.97 Å². The van der Waals surface area contributed by atoms with Gasteiger partial charge in [-0.25, -0.2) is 14.2 Å². The second-order valence-electron chi connectivity index (χ2n) is 20.0. The van der Waals surface area contributed by atoms with E-state index in [1.54, 1.807) is 45.3 Å². The number of halogens is 1. The van der Waals surface area contributed by atoms with Gasteiger partial charge in [0.25, 0.3) is 5.56 Å². The molecule has 3 aliphatic rings. The summed E-state index contributed by atoms with van der Waals surface area (Å²) in [6.07, 6.45) is 6.33. The fraction of sp³-hybridized carbons (Fsp3) is 0.615. The van der Waals surface area contributed by atoms with Crippen molar-refractivity contribution in [1.29, 1.82) is 0 Å². The number of imide groups is 1. The molecular formula is C52H71FN6O10. The Balaban J connectivity index is 0.950. The Morgan fingerprint density at radius 1 is 0.986 bits per heavy atom. The van der Waals surface area contributed by atoms with E-state index in [-0.39, 0.29) is 90.8 Å². The van der Waals surface area contributed by atoms with Crippen molar-refractivity contribution in [3.05, 3.63) is 61.7 Å². The number of carbonyl (C=O) groups excluding carboxylic acids is 6. The number of benzene rings is 1. The molecule has 376 valence electrons. The number of unbranched alkanes of at least 4 members (excludes halogenated alkanes) is 3. The number of pyridine rings is 2. The predicted octanol–water partition coefficient (Wildman–Crippen LogP) is 5.91. The maximum Gasteiger partial charge on any atom is 0.343 e. The quantitative estimate of drug-likeness (QED) is 0.0297. The molecular weight excluding hydrogens is 888 g/mol. The first kappa shape index (κ1) is 52.8. The second-order valence-corrected chi connectivity index (χ2v) is 20.0. The zero-order valence-corrected chi connectivity index (χ0v) is 41.8. The lowest BCUT2D eigenvalue weighted by Gasteiger charge is -2.31. The highest BCUT2D eigenvalue weighted by atomic mass is 19.1. The second kappa shape index (κ2) is 22.0. The molecule has 4 N–H and O–H groups in total. The van der Waals surface area contributed by atoms with Crippen molar-refractivity contribution < 1.29 is 47.7 Å².